The summed E-state index contributed by atoms with van der Waals surface area (Å²) < 4.78 is 27.3. The second kappa shape index (κ2) is 9.59. The van der Waals surface area contributed by atoms with Gasteiger partial charge in [0.1, 0.15) is 4.90 Å². The van der Waals surface area contributed by atoms with E-state index in [1.165, 1.54) is 22.5 Å². The molecule has 0 atom stereocenters. The Morgan fingerprint density at radius 3 is 2.23 bits per heavy atom. The fraction of sp³-hybridized carbons (Fsp3) is 0.333. The van der Waals surface area contributed by atoms with Crippen LogP contribution < -0.4 is 10.6 Å². The van der Waals surface area contributed by atoms with Crippen LogP contribution in [0.1, 0.15) is 45.5 Å². The van der Waals surface area contributed by atoms with E-state index in [4.69, 9.17) is 11.6 Å². The monoisotopic (exact) mass is 449 g/mol. The molecule has 0 bridgehead atoms. The Labute approximate surface area is 181 Å². The van der Waals surface area contributed by atoms with Gasteiger partial charge >= 0.3 is 0 Å². The first kappa shape index (κ1) is 22.3. The van der Waals surface area contributed by atoms with Crippen LogP contribution in [0.15, 0.2) is 47.4 Å². The van der Waals surface area contributed by atoms with Crippen molar-refractivity contribution in [2.75, 3.05) is 20.1 Å². The SMILES string of the molecule is CNC(=O)c1ccc(CNC(=O)c2ccc(Cl)c(S(=O)(=O)N3CCCCC3)c2)cc1. The van der Waals surface area contributed by atoms with Crippen molar-refractivity contribution in [1.29, 1.82) is 0 Å². The van der Waals surface area contributed by atoms with Gasteiger partial charge in [0.2, 0.25) is 10.0 Å². The van der Waals surface area contributed by atoms with Gasteiger partial charge in [0, 0.05) is 37.8 Å². The number of nitrogens with one attached hydrogen (secondary N) is 2. The van der Waals surface area contributed by atoms with Gasteiger partial charge in [-0.25, -0.2) is 8.42 Å². The molecule has 3 rings (SSSR count). The summed E-state index contributed by atoms with van der Waals surface area (Å²) in [6, 6.07) is 11.1. The highest BCUT2D eigenvalue weighted by Gasteiger charge is 2.28. The number of halogens is 1. The van der Waals surface area contributed by atoms with Gasteiger partial charge in [0.05, 0.1) is 5.02 Å². The van der Waals surface area contributed by atoms with Gasteiger partial charge in [0.15, 0.2) is 0 Å². The van der Waals surface area contributed by atoms with E-state index in [9.17, 15) is 18.0 Å². The second-order valence-electron chi connectivity index (χ2n) is 7.07. The highest BCUT2D eigenvalue weighted by molar-refractivity contribution is 7.89. The van der Waals surface area contributed by atoms with Crippen molar-refractivity contribution < 1.29 is 18.0 Å². The lowest BCUT2D eigenvalue weighted by Gasteiger charge is -2.26. The maximum absolute atomic E-state index is 13.0. The largest absolute Gasteiger partial charge is 0.355 e. The molecule has 30 heavy (non-hydrogen) atoms. The van der Waals surface area contributed by atoms with E-state index in [1.54, 1.807) is 31.3 Å². The summed E-state index contributed by atoms with van der Waals surface area (Å²) in [6.07, 6.45) is 2.64. The minimum Gasteiger partial charge on any atom is -0.355 e. The van der Waals surface area contributed by atoms with Crippen LogP contribution in [-0.2, 0) is 16.6 Å². The Morgan fingerprint density at radius 2 is 1.60 bits per heavy atom. The highest BCUT2D eigenvalue weighted by atomic mass is 35.5. The summed E-state index contributed by atoms with van der Waals surface area (Å²) in [7, 11) is -2.19. The molecule has 160 valence electrons. The first-order valence-corrected chi connectivity index (χ1v) is 11.5. The lowest BCUT2D eigenvalue weighted by molar-refractivity contribution is 0.0946. The summed E-state index contributed by atoms with van der Waals surface area (Å²) in [6.45, 7) is 1.16. The smallest absolute Gasteiger partial charge is 0.251 e. The van der Waals surface area contributed by atoms with Crippen molar-refractivity contribution in [3.63, 3.8) is 0 Å². The number of carbonyl (C=O) groups excluding carboxylic acids is 2. The van der Waals surface area contributed by atoms with E-state index in [-0.39, 0.29) is 27.9 Å². The van der Waals surface area contributed by atoms with Gasteiger partial charge in [0.25, 0.3) is 11.8 Å². The summed E-state index contributed by atoms with van der Waals surface area (Å²) >= 11 is 6.16. The predicted molar refractivity (Wildman–Crippen MR) is 115 cm³/mol. The molecule has 9 heteroatoms. The molecule has 1 aliphatic rings. The van der Waals surface area contributed by atoms with Crippen LogP contribution in [0.5, 0.6) is 0 Å². The van der Waals surface area contributed by atoms with E-state index in [0.717, 1.165) is 24.8 Å². The minimum absolute atomic E-state index is 0.0475. The van der Waals surface area contributed by atoms with Gasteiger partial charge < -0.3 is 10.6 Å². The summed E-state index contributed by atoms with van der Waals surface area (Å²) in [5.74, 6) is -0.591. The first-order chi connectivity index (χ1) is 14.3. The van der Waals surface area contributed by atoms with Crippen molar-refractivity contribution in [3.8, 4) is 0 Å². The number of hydrogen-bond acceptors (Lipinski definition) is 4. The Balaban J connectivity index is 1.72. The fourth-order valence-electron chi connectivity index (χ4n) is 3.29. The highest BCUT2D eigenvalue weighted by Crippen LogP contribution is 2.28. The Morgan fingerprint density at radius 1 is 0.967 bits per heavy atom. The van der Waals surface area contributed by atoms with Crippen molar-refractivity contribution >= 4 is 33.4 Å². The third-order valence-corrected chi connectivity index (χ3v) is 7.40. The van der Waals surface area contributed by atoms with Gasteiger partial charge in [-0.05, 0) is 48.7 Å². The van der Waals surface area contributed by atoms with E-state index in [0.29, 0.717) is 18.7 Å². The van der Waals surface area contributed by atoms with E-state index >= 15 is 0 Å². The molecule has 0 spiro atoms. The molecule has 7 nitrogen and oxygen atoms in total. The molecule has 0 saturated carbocycles. The maximum Gasteiger partial charge on any atom is 0.251 e. The van der Waals surface area contributed by atoms with Crippen LogP contribution in [0.25, 0.3) is 0 Å². The lowest BCUT2D eigenvalue weighted by Crippen LogP contribution is -2.36. The summed E-state index contributed by atoms with van der Waals surface area (Å²) in [4.78, 5) is 24.1. The third-order valence-electron chi connectivity index (χ3n) is 5.02. The van der Waals surface area contributed by atoms with Crippen LogP contribution in [0.4, 0.5) is 0 Å². The molecule has 0 aliphatic carbocycles. The number of benzene rings is 2. The minimum atomic E-state index is -3.75. The predicted octanol–water partition coefficient (Wildman–Crippen LogP) is 2.80. The zero-order chi connectivity index (χ0) is 21.7. The van der Waals surface area contributed by atoms with Crippen LogP contribution in [0.3, 0.4) is 0 Å². The zero-order valence-electron chi connectivity index (χ0n) is 16.7. The number of carbonyl (C=O) groups is 2. The molecule has 2 N–H and O–H groups in total. The average molecular weight is 450 g/mol. The van der Waals surface area contributed by atoms with Gasteiger partial charge in [-0.1, -0.05) is 30.2 Å². The van der Waals surface area contributed by atoms with Crippen LogP contribution in [0, 0.1) is 0 Å². The Kier molecular flexibility index (Phi) is 7.12. The lowest BCUT2D eigenvalue weighted by atomic mass is 10.1. The molecule has 2 aromatic carbocycles. The van der Waals surface area contributed by atoms with E-state index in [2.05, 4.69) is 10.6 Å². The number of amides is 2. The van der Waals surface area contributed by atoms with Gasteiger partial charge in [-0.2, -0.15) is 4.31 Å². The second-order valence-corrected chi connectivity index (χ2v) is 9.38. The summed E-state index contributed by atoms with van der Waals surface area (Å²) in [5.41, 5.74) is 1.56. The first-order valence-electron chi connectivity index (χ1n) is 9.72. The fourth-order valence-corrected chi connectivity index (χ4v) is 5.31. The molecular formula is C21H24ClN3O4S. The van der Waals surface area contributed by atoms with Gasteiger partial charge in [-0.3, -0.25) is 9.59 Å². The quantitative estimate of drug-likeness (QED) is 0.708. The van der Waals surface area contributed by atoms with Crippen molar-refractivity contribution in [2.24, 2.45) is 0 Å². The standard InChI is InChI=1S/C21H24ClN3O4S/c1-23-20(26)16-7-5-15(6-8-16)14-24-21(27)17-9-10-18(22)19(13-17)30(28,29)25-11-3-2-4-12-25/h5-10,13H,2-4,11-12,14H2,1H3,(H,23,26)(H,24,27). The third kappa shape index (κ3) is 5.00. The van der Waals surface area contributed by atoms with Crippen molar-refractivity contribution in [1.82, 2.24) is 14.9 Å². The van der Waals surface area contributed by atoms with Crippen LogP contribution >= 0.6 is 11.6 Å². The normalized spacial score (nSPS) is 14.9. The van der Waals surface area contributed by atoms with Crippen molar-refractivity contribution in [3.05, 3.63) is 64.2 Å². The molecule has 1 fully saturated rings. The van der Waals surface area contributed by atoms with Crippen LogP contribution in [0.2, 0.25) is 5.02 Å². The Hall–Kier alpha value is -2.42. The van der Waals surface area contributed by atoms with E-state index < -0.39 is 15.9 Å². The molecule has 0 unspecified atom stereocenters. The molecule has 0 radical (unpaired) electrons. The molecule has 1 heterocycles. The van der Waals surface area contributed by atoms with Gasteiger partial charge in [-0.15, -0.1) is 0 Å². The average Bonchev–Trinajstić information content (AvgIpc) is 2.78. The number of nitrogens with zero attached hydrogens (tertiary/aromatic N) is 1. The Bertz CT molecular complexity index is 1030. The number of sulfonamides is 1. The number of piperidine rings is 1. The van der Waals surface area contributed by atoms with E-state index in [1.807, 2.05) is 0 Å². The number of hydrogen-bond donors (Lipinski definition) is 2. The molecular weight excluding hydrogens is 426 g/mol. The zero-order valence-corrected chi connectivity index (χ0v) is 18.2. The summed E-state index contributed by atoms with van der Waals surface area (Å²) in [5, 5.41) is 5.41. The molecule has 2 aromatic rings. The molecule has 1 aliphatic heterocycles. The number of rotatable bonds is 6. The van der Waals surface area contributed by atoms with Crippen molar-refractivity contribution in [2.45, 2.75) is 30.7 Å². The maximum atomic E-state index is 13.0. The topological polar surface area (TPSA) is 95.6 Å². The van der Waals surface area contributed by atoms with Crippen LogP contribution in [-0.4, -0.2) is 44.7 Å². The molecule has 2 amide bonds. The molecule has 1 saturated heterocycles. The molecule has 0 aromatic heterocycles.